The van der Waals surface area contributed by atoms with Crippen molar-refractivity contribution in [1.29, 1.82) is 0 Å². The molecule has 1 unspecified atom stereocenters. The van der Waals surface area contributed by atoms with E-state index in [9.17, 15) is 13.2 Å². The summed E-state index contributed by atoms with van der Waals surface area (Å²) in [4.78, 5) is 0. The zero-order valence-corrected chi connectivity index (χ0v) is 8.48. The van der Waals surface area contributed by atoms with Gasteiger partial charge in [-0.25, -0.2) is 0 Å². The van der Waals surface area contributed by atoms with Crippen molar-refractivity contribution in [1.82, 2.24) is 0 Å². The molecule has 1 N–H and O–H groups in total. The first kappa shape index (κ1) is 12.5. The second kappa shape index (κ2) is 5.01. The van der Waals surface area contributed by atoms with Crippen LogP contribution in [0, 0.1) is 0 Å². The number of aliphatic hydroxyl groups excluding tert-OH is 1. The molecular weight excluding hydrogens is 233 g/mol. The molecule has 0 saturated heterocycles. The number of ether oxygens (including phenoxy) is 1. The molecule has 86 valence electrons. The third-order valence-corrected chi connectivity index (χ3v) is 2.27. The predicted octanol–water partition coefficient (Wildman–Crippen LogP) is 2.38. The fourth-order valence-corrected chi connectivity index (χ4v) is 1.49. The van der Waals surface area contributed by atoms with Gasteiger partial charge >= 0.3 is 6.18 Å². The minimum absolute atomic E-state index is 0.0117. The molecule has 15 heavy (non-hydrogen) atoms. The molecule has 0 fully saturated rings. The lowest BCUT2D eigenvalue weighted by Crippen LogP contribution is -2.23. The van der Waals surface area contributed by atoms with Gasteiger partial charge in [0.15, 0.2) is 0 Å². The Morgan fingerprint density at radius 2 is 2.20 bits per heavy atom. The maximum Gasteiger partial charge on any atom is 0.414 e. The summed E-state index contributed by atoms with van der Waals surface area (Å²) in [7, 11) is 0. The Kier molecular flexibility index (Phi) is 4.19. The van der Waals surface area contributed by atoms with E-state index < -0.39 is 17.9 Å². The highest BCUT2D eigenvalue weighted by Gasteiger charge is 2.38. The number of rotatable bonds is 3. The van der Waals surface area contributed by atoms with Gasteiger partial charge in [0, 0.05) is 11.5 Å². The van der Waals surface area contributed by atoms with Crippen molar-refractivity contribution in [2.24, 2.45) is 0 Å². The number of allylic oxidation sites excluding steroid dienone is 2. The predicted molar refractivity (Wildman–Crippen MR) is 49.5 cm³/mol. The fraction of sp³-hybridized carbons (Fsp3) is 0.556. The Labute approximate surface area is 90.0 Å². The van der Waals surface area contributed by atoms with Gasteiger partial charge in [-0.05, 0) is 6.08 Å². The Balaban J connectivity index is 2.68. The van der Waals surface area contributed by atoms with E-state index in [2.05, 4.69) is 0 Å². The molecule has 1 atom stereocenters. The van der Waals surface area contributed by atoms with Crippen molar-refractivity contribution in [2.75, 3.05) is 13.2 Å². The molecule has 6 heteroatoms. The lowest BCUT2D eigenvalue weighted by Gasteiger charge is -2.21. The van der Waals surface area contributed by atoms with Crippen LogP contribution in [0.4, 0.5) is 13.2 Å². The Hall–Kier alpha value is -0.520. The minimum atomic E-state index is -4.43. The minimum Gasteiger partial charge on any atom is -0.394 e. The number of alkyl halides is 3. The second-order valence-corrected chi connectivity index (χ2v) is 3.43. The first-order valence-electron chi connectivity index (χ1n) is 4.31. The number of aliphatic hydroxyl groups is 1. The van der Waals surface area contributed by atoms with Gasteiger partial charge in [0.1, 0.15) is 0 Å². The normalized spacial score (nSPS) is 22.3. The SMILES string of the molecule is OCCOC1C=CC(Cl)=C(C(F)(F)F)C1. The molecule has 1 rings (SSSR count). The third-order valence-electron chi connectivity index (χ3n) is 1.92. The van der Waals surface area contributed by atoms with E-state index in [0.717, 1.165) is 0 Å². The monoisotopic (exact) mass is 242 g/mol. The van der Waals surface area contributed by atoms with Crippen molar-refractivity contribution >= 4 is 11.6 Å². The molecule has 2 nitrogen and oxygen atoms in total. The van der Waals surface area contributed by atoms with Crippen LogP contribution in [0.5, 0.6) is 0 Å². The van der Waals surface area contributed by atoms with Crippen LogP contribution >= 0.6 is 11.6 Å². The molecule has 1 aliphatic carbocycles. The summed E-state index contributed by atoms with van der Waals surface area (Å²) in [5.74, 6) is 0. The highest BCUT2D eigenvalue weighted by molar-refractivity contribution is 6.31. The van der Waals surface area contributed by atoms with Crippen LogP contribution in [0.2, 0.25) is 0 Å². The number of halogens is 4. The first-order valence-corrected chi connectivity index (χ1v) is 4.69. The molecule has 0 heterocycles. The molecule has 0 aromatic heterocycles. The average molecular weight is 243 g/mol. The summed E-state index contributed by atoms with van der Waals surface area (Å²) in [6.07, 6.45) is -2.78. The van der Waals surface area contributed by atoms with Gasteiger partial charge in [-0.1, -0.05) is 17.7 Å². The van der Waals surface area contributed by atoms with E-state index in [1.165, 1.54) is 12.2 Å². The molecule has 0 saturated carbocycles. The van der Waals surface area contributed by atoms with Crippen molar-refractivity contribution in [3.8, 4) is 0 Å². The largest absolute Gasteiger partial charge is 0.414 e. The second-order valence-electron chi connectivity index (χ2n) is 3.02. The summed E-state index contributed by atoms with van der Waals surface area (Å²) >= 11 is 5.43. The maximum absolute atomic E-state index is 12.4. The number of hydrogen-bond acceptors (Lipinski definition) is 2. The summed E-state index contributed by atoms with van der Waals surface area (Å²) < 4.78 is 42.2. The van der Waals surface area contributed by atoms with Gasteiger partial charge in [0.05, 0.1) is 24.9 Å². The van der Waals surface area contributed by atoms with Crippen LogP contribution < -0.4 is 0 Å². The van der Waals surface area contributed by atoms with Crippen LogP contribution in [-0.2, 0) is 4.74 Å². The van der Waals surface area contributed by atoms with Crippen molar-refractivity contribution in [3.63, 3.8) is 0 Å². The maximum atomic E-state index is 12.4. The Morgan fingerprint density at radius 3 is 2.73 bits per heavy atom. The van der Waals surface area contributed by atoms with E-state index in [1.807, 2.05) is 0 Å². The number of hydrogen-bond donors (Lipinski definition) is 1. The highest BCUT2D eigenvalue weighted by Crippen LogP contribution is 2.36. The van der Waals surface area contributed by atoms with E-state index >= 15 is 0 Å². The van der Waals surface area contributed by atoms with Gasteiger partial charge in [-0.3, -0.25) is 0 Å². The van der Waals surface area contributed by atoms with E-state index in [-0.39, 0.29) is 24.7 Å². The van der Waals surface area contributed by atoms with Crippen molar-refractivity contribution in [2.45, 2.75) is 18.7 Å². The Bertz CT molecular complexity index is 284. The zero-order chi connectivity index (χ0) is 11.5. The quantitative estimate of drug-likeness (QED) is 0.823. The molecule has 0 aromatic carbocycles. The molecular formula is C9H10ClF3O2. The smallest absolute Gasteiger partial charge is 0.394 e. The lowest BCUT2D eigenvalue weighted by atomic mass is 10.0. The zero-order valence-electron chi connectivity index (χ0n) is 7.72. The lowest BCUT2D eigenvalue weighted by molar-refractivity contribution is -0.0984. The molecule has 0 aromatic rings. The van der Waals surface area contributed by atoms with Crippen LogP contribution in [-0.4, -0.2) is 30.6 Å². The first-order chi connectivity index (χ1) is 6.95. The van der Waals surface area contributed by atoms with Crippen LogP contribution in [0.1, 0.15) is 6.42 Å². The molecule has 0 bridgehead atoms. The summed E-state index contributed by atoms with van der Waals surface area (Å²) in [6.45, 7) is -0.207. The van der Waals surface area contributed by atoms with Gasteiger partial charge < -0.3 is 9.84 Å². The standard InChI is InChI=1S/C9H10ClF3O2/c10-8-2-1-6(15-4-3-14)5-7(8)9(11,12)13/h1-2,6,14H,3-5H2. The topological polar surface area (TPSA) is 29.5 Å². The average Bonchev–Trinajstić information content (AvgIpc) is 2.15. The summed E-state index contributed by atoms with van der Waals surface area (Å²) in [5, 5.41) is 8.17. The van der Waals surface area contributed by atoms with E-state index in [4.69, 9.17) is 21.4 Å². The van der Waals surface area contributed by atoms with Gasteiger partial charge in [-0.15, -0.1) is 0 Å². The summed E-state index contributed by atoms with van der Waals surface area (Å²) in [5.41, 5.74) is -0.783. The molecule has 0 aliphatic heterocycles. The van der Waals surface area contributed by atoms with Crippen LogP contribution in [0.15, 0.2) is 22.8 Å². The van der Waals surface area contributed by atoms with Gasteiger partial charge in [-0.2, -0.15) is 13.2 Å². The molecule has 0 amide bonds. The summed E-state index contributed by atoms with van der Waals surface area (Å²) in [6, 6.07) is 0. The van der Waals surface area contributed by atoms with Gasteiger partial charge in [0.25, 0.3) is 0 Å². The molecule has 0 spiro atoms. The van der Waals surface area contributed by atoms with Crippen molar-refractivity contribution in [3.05, 3.63) is 22.8 Å². The van der Waals surface area contributed by atoms with E-state index in [0.29, 0.717) is 0 Å². The van der Waals surface area contributed by atoms with Crippen molar-refractivity contribution < 1.29 is 23.0 Å². The van der Waals surface area contributed by atoms with Crippen LogP contribution in [0.3, 0.4) is 0 Å². The molecule has 1 aliphatic rings. The third kappa shape index (κ3) is 3.52. The molecule has 0 radical (unpaired) electrons. The highest BCUT2D eigenvalue weighted by atomic mass is 35.5. The Morgan fingerprint density at radius 1 is 1.53 bits per heavy atom. The van der Waals surface area contributed by atoms with Gasteiger partial charge in [0.2, 0.25) is 0 Å². The van der Waals surface area contributed by atoms with E-state index in [1.54, 1.807) is 0 Å². The van der Waals surface area contributed by atoms with Crippen LogP contribution in [0.25, 0.3) is 0 Å². The fourth-order valence-electron chi connectivity index (χ4n) is 1.23.